The zero-order valence-electron chi connectivity index (χ0n) is 17.7. The Kier molecular flexibility index (Phi) is 8.22. The summed E-state index contributed by atoms with van der Waals surface area (Å²) in [5.41, 5.74) is 1.13. The number of carbonyl (C=O) groups is 3. The fourth-order valence-corrected chi connectivity index (χ4v) is 4.14. The van der Waals surface area contributed by atoms with Crippen LogP contribution in [0.5, 0.6) is 0 Å². The molecule has 0 aromatic heterocycles. The molecule has 2 saturated heterocycles. The number of benzene rings is 1. The summed E-state index contributed by atoms with van der Waals surface area (Å²) >= 11 is 0. The lowest BCUT2D eigenvalue weighted by molar-refractivity contribution is -0.142. The number of carboxylic acid groups (broad SMARTS) is 1. The van der Waals surface area contributed by atoms with Crippen LogP contribution in [0.4, 0.5) is 15.8 Å². The third kappa shape index (κ3) is 6.65. The molecule has 4 rings (SSSR count). The van der Waals surface area contributed by atoms with Gasteiger partial charge in [-0.3, -0.25) is 19.7 Å². The Morgan fingerprint density at radius 3 is 2.39 bits per heavy atom. The van der Waals surface area contributed by atoms with Crippen LogP contribution in [0.25, 0.3) is 0 Å². The molecule has 1 aromatic carbocycles. The van der Waals surface area contributed by atoms with Gasteiger partial charge in [0.2, 0.25) is 11.8 Å². The first-order chi connectivity index (χ1) is 14.9. The van der Waals surface area contributed by atoms with Crippen LogP contribution in [0.3, 0.4) is 0 Å². The van der Waals surface area contributed by atoms with Gasteiger partial charge in [-0.1, -0.05) is 19.3 Å². The summed E-state index contributed by atoms with van der Waals surface area (Å²) in [7, 11) is 0. The fourth-order valence-electron chi connectivity index (χ4n) is 4.14. The summed E-state index contributed by atoms with van der Waals surface area (Å²) in [5.74, 6) is -1.56. The van der Waals surface area contributed by atoms with E-state index in [2.05, 4.69) is 16.0 Å². The van der Waals surface area contributed by atoms with Crippen LogP contribution < -0.4 is 20.9 Å². The van der Waals surface area contributed by atoms with E-state index in [1.807, 2.05) is 4.90 Å². The van der Waals surface area contributed by atoms with Crippen LogP contribution >= 0.6 is 0 Å². The van der Waals surface area contributed by atoms with Gasteiger partial charge in [0.1, 0.15) is 11.9 Å². The van der Waals surface area contributed by atoms with E-state index in [0.717, 1.165) is 51.9 Å². The van der Waals surface area contributed by atoms with Crippen molar-refractivity contribution in [2.24, 2.45) is 5.92 Å². The van der Waals surface area contributed by atoms with Gasteiger partial charge in [-0.05, 0) is 37.5 Å². The minimum Gasteiger partial charge on any atom is -0.481 e. The molecule has 2 heterocycles. The van der Waals surface area contributed by atoms with E-state index in [-0.39, 0.29) is 23.5 Å². The number of aliphatic carboxylic acids is 1. The second-order valence-corrected chi connectivity index (χ2v) is 8.22. The van der Waals surface area contributed by atoms with Gasteiger partial charge < -0.3 is 20.6 Å². The molecule has 1 saturated carbocycles. The van der Waals surface area contributed by atoms with Crippen molar-refractivity contribution in [3.63, 3.8) is 0 Å². The molecule has 9 heteroatoms. The van der Waals surface area contributed by atoms with Crippen LogP contribution in [-0.2, 0) is 14.4 Å². The van der Waals surface area contributed by atoms with Crippen LogP contribution in [0.1, 0.15) is 44.9 Å². The molecule has 2 amide bonds. The van der Waals surface area contributed by atoms with E-state index in [9.17, 15) is 18.8 Å². The highest BCUT2D eigenvalue weighted by Gasteiger charge is 2.26. The van der Waals surface area contributed by atoms with Gasteiger partial charge in [-0.25, -0.2) is 4.39 Å². The quantitative estimate of drug-likeness (QED) is 0.537. The van der Waals surface area contributed by atoms with Gasteiger partial charge in [0.05, 0.1) is 11.6 Å². The van der Waals surface area contributed by atoms with Gasteiger partial charge in [-0.15, -0.1) is 0 Å². The van der Waals surface area contributed by atoms with Crippen molar-refractivity contribution in [2.45, 2.75) is 51.0 Å². The zero-order chi connectivity index (χ0) is 22.2. The van der Waals surface area contributed by atoms with E-state index in [0.29, 0.717) is 24.2 Å². The maximum Gasteiger partial charge on any atom is 0.306 e. The molecule has 0 bridgehead atoms. The number of nitrogens with zero attached hydrogens (tertiary/aromatic N) is 1. The first-order valence-electron chi connectivity index (χ1n) is 11.0. The molecule has 2 aliphatic heterocycles. The van der Waals surface area contributed by atoms with Gasteiger partial charge >= 0.3 is 5.97 Å². The summed E-state index contributed by atoms with van der Waals surface area (Å²) in [4.78, 5) is 35.2. The number of nitrogens with one attached hydrogen (secondary N) is 3. The molecule has 170 valence electrons. The van der Waals surface area contributed by atoms with Crippen molar-refractivity contribution in [1.29, 1.82) is 0 Å². The SMILES string of the molecule is O=C(O)C1CCCCC1.O=C1CCC(Nc2ccc(N3CCNCC3)c(F)c2)C(=O)N1. The number of hydrogen-bond donors (Lipinski definition) is 4. The molecule has 3 fully saturated rings. The Morgan fingerprint density at radius 2 is 1.81 bits per heavy atom. The predicted octanol–water partition coefficient (Wildman–Crippen LogP) is 2.10. The normalized spacial score (nSPS) is 22.2. The number of anilines is 2. The van der Waals surface area contributed by atoms with Crippen LogP contribution in [0.2, 0.25) is 0 Å². The third-order valence-corrected chi connectivity index (χ3v) is 5.94. The molecule has 1 atom stereocenters. The molecule has 4 N–H and O–H groups in total. The molecule has 1 aromatic rings. The fraction of sp³-hybridized carbons (Fsp3) is 0.591. The largest absolute Gasteiger partial charge is 0.481 e. The summed E-state index contributed by atoms with van der Waals surface area (Å²) in [6.45, 7) is 3.24. The van der Waals surface area contributed by atoms with Gasteiger partial charge in [0.25, 0.3) is 0 Å². The number of halogens is 1. The van der Waals surface area contributed by atoms with Crippen molar-refractivity contribution < 1.29 is 23.9 Å². The Balaban J connectivity index is 0.000000254. The Morgan fingerprint density at radius 1 is 1.10 bits per heavy atom. The van der Waals surface area contributed by atoms with E-state index < -0.39 is 12.0 Å². The zero-order valence-corrected chi connectivity index (χ0v) is 17.7. The maximum absolute atomic E-state index is 14.3. The summed E-state index contributed by atoms with van der Waals surface area (Å²) in [6, 6.07) is 4.40. The molecular weight excluding hydrogens is 403 g/mol. The smallest absolute Gasteiger partial charge is 0.306 e. The lowest BCUT2D eigenvalue weighted by Crippen LogP contribution is -2.47. The van der Waals surface area contributed by atoms with Crippen LogP contribution in [0.15, 0.2) is 18.2 Å². The number of rotatable bonds is 4. The monoisotopic (exact) mass is 434 g/mol. The number of carbonyl (C=O) groups excluding carboxylic acids is 2. The van der Waals surface area contributed by atoms with Crippen LogP contribution in [-0.4, -0.2) is 55.1 Å². The maximum atomic E-state index is 14.3. The Labute approximate surface area is 181 Å². The lowest BCUT2D eigenvalue weighted by Gasteiger charge is -2.30. The Hall–Kier alpha value is -2.68. The minimum atomic E-state index is -0.602. The molecule has 0 radical (unpaired) electrons. The predicted molar refractivity (Wildman–Crippen MR) is 115 cm³/mol. The number of hydrogen-bond acceptors (Lipinski definition) is 6. The molecular formula is C22H31FN4O4. The van der Waals surface area contributed by atoms with Gasteiger partial charge in [0, 0.05) is 38.3 Å². The Bertz CT molecular complexity index is 792. The highest BCUT2D eigenvalue weighted by molar-refractivity contribution is 6.01. The summed E-state index contributed by atoms with van der Waals surface area (Å²) in [5, 5.41) is 17.0. The average molecular weight is 435 g/mol. The minimum absolute atomic E-state index is 0.0289. The number of piperazine rings is 1. The van der Waals surface area contributed by atoms with Crippen molar-refractivity contribution >= 4 is 29.2 Å². The molecule has 0 spiro atoms. The topological polar surface area (TPSA) is 111 Å². The molecule has 1 unspecified atom stereocenters. The summed E-state index contributed by atoms with van der Waals surface area (Å²) in [6.07, 6.45) is 5.96. The lowest BCUT2D eigenvalue weighted by atomic mass is 9.90. The molecule has 8 nitrogen and oxygen atoms in total. The highest BCUT2D eigenvalue weighted by atomic mass is 19.1. The van der Waals surface area contributed by atoms with E-state index >= 15 is 0 Å². The van der Waals surface area contributed by atoms with Crippen molar-refractivity contribution in [1.82, 2.24) is 10.6 Å². The molecule has 31 heavy (non-hydrogen) atoms. The second-order valence-electron chi connectivity index (χ2n) is 8.22. The van der Waals surface area contributed by atoms with Gasteiger partial charge in [-0.2, -0.15) is 0 Å². The van der Waals surface area contributed by atoms with Gasteiger partial charge in [0.15, 0.2) is 0 Å². The third-order valence-electron chi connectivity index (χ3n) is 5.94. The second kappa shape index (κ2) is 11.1. The molecule has 1 aliphatic carbocycles. The number of piperidine rings is 1. The van der Waals surface area contributed by atoms with Crippen molar-refractivity contribution in [3.05, 3.63) is 24.0 Å². The number of carboxylic acids is 1. The first kappa shape index (κ1) is 23.0. The van der Waals surface area contributed by atoms with Crippen molar-refractivity contribution in [2.75, 3.05) is 36.4 Å². The van der Waals surface area contributed by atoms with E-state index in [1.54, 1.807) is 12.1 Å². The first-order valence-corrected chi connectivity index (χ1v) is 11.0. The highest BCUT2D eigenvalue weighted by Crippen LogP contribution is 2.25. The summed E-state index contributed by atoms with van der Waals surface area (Å²) < 4.78 is 14.3. The van der Waals surface area contributed by atoms with E-state index in [4.69, 9.17) is 5.11 Å². The standard InChI is InChI=1S/C15H19FN4O2.C7H12O2/c16-11-9-10(18-12-2-4-14(21)19-15(12)22)1-3-13(11)20-7-5-17-6-8-20;8-7(9)6-4-2-1-3-5-6/h1,3,9,12,17-18H,2,4-8H2,(H,19,21,22);6H,1-5H2,(H,8,9). The van der Waals surface area contributed by atoms with Crippen LogP contribution in [0, 0.1) is 11.7 Å². The number of imide groups is 1. The molecule has 3 aliphatic rings. The van der Waals surface area contributed by atoms with Crippen molar-refractivity contribution in [3.8, 4) is 0 Å². The average Bonchev–Trinajstić information content (AvgIpc) is 2.77. The van der Waals surface area contributed by atoms with E-state index in [1.165, 1.54) is 12.5 Å². The number of amides is 2.